The fourth-order valence-corrected chi connectivity index (χ4v) is 2.92. The van der Waals surface area contributed by atoms with Crippen molar-refractivity contribution < 1.29 is 37.3 Å². The minimum absolute atomic E-state index is 0. The number of anilines is 2. The van der Waals surface area contributed by atoms with Crippen LogP contribution in [0.2, 0.25) is 5.02 Å². The van der Waals surface area contributed by atoms with Crippen LogP contribution < -0.4 is 38.8 Å². The molecule has 0 fully saturated rings. The summed E-state index contributed by atoms with van der Waals surface area (Å²) in [6, 6.07) is 9.62. The molecule has 3 rings (SSSR count). The summed E-state index contributed by atoms with van der Waals surface area (Å²) in [7, 11) is 0. The van der Waals surface area contributed by atoms with Crippen LogP contribution in [0.4, 0.5) is 16.2 Å². The van der Waals surface area contributed by atoms with Crippen molar-refractivity contribution in [1.29, 1.82) is 0 Å². The molecule has 0 saturated heterocycles. The molecule has 10 nitrogen and oxygen atoms in total. The molecule has 0 radical (unpaired) electrons. The van der Waals surface area contributed by atoms with E-state index in [-0.39, 0.29) is 46.3 Å². The topological polar surface area (TPSA) is 150 Å². The van der Waals surface area contributed by atoms with Crippen LogP contribution in [0.25, 0.3) is 0 Å². The highest BCUT2D eigenvalue weighted by atomic mass is 79.9. The minimum Gasteiger partial charge on any atom is -1.00 e. The number of aromatic nitrogens is 2. The van der Waals surface area contributed by atoms with Crippen molar-refractivity contribution in [1.82, 2.24) is 15.3 Å². The highest BCUT2D eigenvalue weighted by Gasteiger charge is 2.18. The van der Waals surface area contributed by atoms with Crippen molar-refractivity contribution in [2.24, 2.45) is 0 Å². The number of rotatable bonds is 6. The average molecular weight is 570 g/mol. The lowest BCUT2D eigenvalue weighted by atomic mass is 10.1. The third-order valence-electron chi connectivity index (χ3n) is 4.09. The summed E-state index contributed by atoms with van der Waals surface area (Å²) in [5.74, 6) is -0.769. The number of hydrogen-bond donors (Lipinski definition) is 4. The summed E-state index contributed by atoms with van der Waals surface area (Å²) in [5, 5.41) is 7.53. The molecular formula is C21H19BrCl2N6O4. The van der Waals surface area contributed by atoms with Gasteiger partial charge in [-0.1, -0.05) is 23.7 Å². The number of hydrogen-bond acceptors (Lipinski definition) is 6. The molecule has 2 aromatic carbocycles. The van der Waals surface area contributed by atoms with Crippen LogP contribution >= 0.6 is 27.5 Å². The number of para-hydroxylation sites is 1. The summed E-state index contributed by atoms with van der Waals surface area (Å²) in [5.41, 5.74) is 4.35. The maximum absolute atomic E-state index is 12.6. The van der Waals surface area contributed by atoms with Gasteiger partial charge in [-0.15, -0.1) is 0 Å². The zero-order valence-electron chi connectivity index (χ0n) is 17.6. The third kappa shape index (κ3) is 7.39. The fourth-order valence-electron chi connectivity index (χ4n) is 2.49. The summed E-state index contributed by atoms with van der Waals surface area (Å²) in [6.45, 7) is 1.62. The summed E-state index contributed by atoms with van der Waals surface area (Å²) in [4.78, 5) is 44.8. The summed E-state index contributed by atoms with van der Waals surface area (Å²) in [6.07, 6.45) is 3.05. The first-order valence-electron chi connectivity index (χ1n) is 9.53. The summed E-state index contributed by atoms with van der Waals surface area (Å²) >= 11 is 9.45. The van der Waals surface area contributed by atoms with Crippen LogP contribution in [-0.4, -0.2) is 33.9 Å². The number of nitrogens with one attached hydrogen (secondary N) is 3. The molecule has 3 aromatic rings. The lowest BCUT2D eigenvalue weighted by Crippen LogP contribution is -3.00. The van der Waals surface area contributed by atoms with Crippen molar-refractivity contribution >= 4 is 56.8 Å². The molecule has 13 heteroatoms. The molecule has 1 heterocycles. The van der Waals surface area contributed by atoms with E-state index < -0.39 is 18.0 Å². The van der Waals surface area contributed by atoms with E-state index in [4.69, 9.17) is 16.3 Å². The molecule has 0 unspecified atom stereocenters. The number of carbonyl (C=O) groups excluding carboxylic acids is 3. The first-order chi connectivity index (χ1) is 15.7. The molecule has 0 bridgehead atoms. The van der Waals surface area contributed by atoms with E-state index in [1.54, 1.807) is 25.1 Å². The molecule has 34 heavy (non-hydrogen) atoms. The SMILES string of the molecule is C[C@@H]([NH3+])C(=O)Nc1ccccc1C(=O)NC(=O)Nc1ccc(Oc2ncc(Br)cn2)c(Cl)c1.[Cl-]. The number of imide groups is 1. The molecule has 178 valence electrons. The third-order valence-corrected chi connectivity index (χ3v) is 4.80. The molecule has 4 amide bonds. The maximum atomic E-state index is 12.6. The number of carbonyl (C=O) groups is 3. The maximum Gasteiger partial charge on any atom is 0.326 e. The van der Waals surface area contributed by atoms with Crippen molar-refractivity contribution in [3.05, 3.63) is 69.9 Å². The Morgan fingerprint density at radius 3 is 2.41 bits per heavy atom. The van der Waals surface area contributed by atoms with Gasteiger partial charge in [0.2, 0.25) is 0 Å². The van der Waals surface area contributed by atoms with Crippen molar-refractivity contribution in [3.8, 4) is 11.8 Å². The van der Waals surface area contributed by atoms with Gasteiger partial charge in [-0.3, -0.25) is 14.9 Å². The summed E-state index contributed by atoms with van der Waals surface area (Å²) < 4.78 is 6.21. The van der Waals surface area contributed by atoms with Crippen molar-refractivity contribution in [2.75, 3.05) is 10.6 Å². The molecular weight excluding hydrogens is 551 g/mol. The Morgan fingerprint density at radius 2 is 1.76 bits per heavy atom. The van der Waals surface area contributed by atoms with Gasteiger partial charge in [-0.05, 0) is 53.2 Å². The predicted molar refractivity (Wildman–Crippen MR) is 125 cm³/mol. The lowest BCUT2D eigenvalue weighted by molar-refractivity contribution is -0.396. The standard InChI is InChI=1S/C21H18BrClN6O4.ClH/c1-11(24)18(30)28-16-5-3-2-4-14(16)19(31)29-20(32)27-13-6-7-17(15(23)8-13)33-21-25-9-12(22)10-26-21;/h2-11H,24H2,1H3,(H,28,30)(H2,27,29,31,32);1H/t11-;/m1./s1. The van der Waals surface area contributed by atoms with Gasteiger partial charge in [-0.25, -0.2) is 14.8 Å². The molecule has 6 N–H and O–H groups in total. The van der Waals surface area contributed by atoms with E-state index in [1.165, 1.54) is 36.7 Å². The van der Waals surface area contributed by atoms with E-state index in [0.29, 0.717) is 10.2 Å². The van der Waals surface area contributed by atoms with Crippen molar-refractivity contribution in [2.45, 2.75) is 13.0 Å². The Balaban J connectivity index is 0.00000408. The average Bonchev–Trinajstić information content (AvgIpc) is 2.77. The van der Waals surface area contributed by atoms with Gasteiger partial charge >= 0.3 is 12.0 Å². The van der Waals surface area contributed by atoms with Gasteiger partial charge in [0, 0.05) is 18.1 Å². The Labute approximate surface area is 214 Å². The number of urea groups is 1. The Kier molecular flexibility index (Phi) is 9.75. The highest BCUT2D eigenvalue weighted by Crippen LogP contribution is 2.30. The van der Waals surface area contributed by atoms with Gasteiger partial charge in [0.05, 0.1) is 20.7 Å². The predicted octanol–water partition coefficient (Wildman–Crippen LogP) is 0.220. The second kappa shape index (κ2) is 12.3. The van der Waals surface area contributed by atoms with Gasteiger partial charge in [-0.2, -0.15) is 0 Å². The first kappa shape index (κ1) is 27.0. The van der Waals surface area contributed by atoms with Crippen LogP contribution in [-0.2, 0) is 4.79 Å². The quantitative estimate of drug-likeness (QED) is 0.333. The number of ether oxygens (including phenoxy) is 1. The zero-order chi connectivity index (χ0) is 24.0. The Hall–Kier alpha value is -3.25. The first-order valence-corrected chi connectivity index (χ1v) is 10.7. The molecule has 0 aliphatic rings. The zero-order valence-corrected chi connectivity index (χ0v) is 20.7. The van der Waals surface area contributed by atoms with Crippen LogP contribution in [0, 0.1) is 0 Å². The smallest absolute Gasteiger partial charge is 0.326 e. The highest BCUT2D eigenvalue weighted by molar-refractivity contribution is 9.10. The van der Waals surface area contributed by atoms with E-state index in [9.17, 15) is 14.4 Å². The Bertz CT molecular complexity index is 1190. The van der Waals surface area contributed by atoms with E-state index in [0.717, 1.165) is 0 Å². The van der Waals surface area contributed by atoms with E-state index >= 15 is 0 Å². The van der Waals surface area contributed by atoms with Crippen molar-refractivity contribution in [3.63, 3.8) is 0 Å². The van der Waals surface area contributed by atoms with E-state index in [1.807, 2.05) is 0 Å². The van der Waals surface area contributed by atoms with Crippen LogP contribution in [0.15, 0.2) is 59.3 Å². The number of amides is 4. The second-order valence-corrected chi connectivity index (χ2v) is 8.10. The van der Waals surface area contributed by atoms with E-state index in [2.05, 4.69) is 47.6 Å². The molecule has 0 aliphatic heterocycles. The number of halogens is 3. The normalized spacial score (nSPS) is 10.9. The second-order valence-electron chi connectivity index (χ2n) is 6.78. The number of quaternary nitrogens is 1. The minimum atomic E-state index is -0.785. The van der Waals surface area contributed by atoms with Gasteiger partial charge in [0.1, 0.15) is 5.75 Å². The van der Waals surface area contributed by atoms with Crippen LogP contribution in [0.3, 0.4) is 0 Å². The fraction of sp³-hybridized carbons (Fsp3) is 0.0952. The molecule has 0 aliphatic carbocycles. The van der Waals surface area contributed by atoms with Crippen LogP contribution in [0.1, 0.15) is 17.3 Å². The largest absolute Gasteiger partial charge is 1.00 e. The molecule has 0 spiro atoms. The molecule has 1 atom stereocenters. The van der Waals surface area contributed by atoms with Crippen LogP contribution in [0.5, 0.6) is 11.8 Å². The van der Waals surface area contributed by atoms with Gasteiger partial charge in [0.25, 0.3) is 11.8 Å². The van der Waals surface area contributed by atoms with Gasteiger partial charge < -0.3 is 33.5 Å². The number of nitrogens with zero attached hydrogens (tertiary/aromatic N) is 2. The lowest BCUT2D eigenvalue weighted by Gasteiger charge is -2.12. The van der Waals surface area contributed by atoms with Gasteiger partial charge in [0.15, 0.2) is 6.04 Å². The molecule has 0 saturated carbocycles. The molecule has 1 aromatic heterocycles. The monoisotopic (exact) mass is 568 g/mol. The number of benzene rings is 2. The Morgan fingerprint density at radius 1 is 1.09 bits per heavy atom.